The monoisotopic (exact) mass is 270 g/mol. The van der Waals surface area contributed by atoms with Crippen molar-refractivity contribution in [3.05, 3.63) is 54.1 Å². The van der Waals surface area contributed by atoms with Crippen molar-refractivity contribution in [2.45, 2.75) is 26.3 Å². The summed E-state index contributed by atoms with van der Waals surface area (Å²) >= 11 is 0. The molecule has 2 rings (SSSR count). The van der Waals surface area contributed by atoms with Crippen LogP contribution in [0.25, 0.3) is 0 Å². The van der Waals surface area contributed by atoms with E-state index in [0.29, 0.717) is 0 Å². The van der Waals surface area contributed by atoms with Crippen LogP contribution in [-0.2, 0) is 0 Å². The first-order chi connectivity index (χ1) is 9.65. The maximum Gasteiger partial charge on any atom is 0.117 e. The van der Waals surface area contributed by atoms with E-state index in [9.17, 15) is 5.11 Å². The van der Waals surface area contributed by atoms with E-state index < -0.39 is 0 Å². The van der Waals surface area contributed by atoms with Crippen molar-refractivity contribution >= 4 is 11.4 Å². The van der Waals surface area contributed by atoms with Gasteiger partial charge in [0.15, 0.2) is 0 Å². The summed E-state index contributed by atoms with van der Waals surface area (Å²) in [4.78, 5) is 2.15. The maximum absolute atomic E-state index is 9.61. The molecule has 3 nitrogen and oxygen atoms in total. The topological polar surface area (TPSA) is 49.5 Å². The summed E-state index contributed by atoms with van der Waals surface area (Å²) in [6, 6.07) is 15.7. The molecular weight excluding hydrogens is 248 g/mol. The molecule has 0 saturated carbocycles. The molecule has 0 fully saturated rings. The Morgan fingerprint density at radius 2 is 1.75 bits per heavy atom. The fourth-order valence-electron chi connectivity index (χ4n) is 2.31. The number of hydrogen-bond acceptors (Lipinski definition) is 3. The number of rotatable bonds is 5. The lowest BCUT2D eigenvalue weighted by atomic mass is 10.0. The van der Waals surface area contributed by atoms with E-state index in [1.54, 1.807) is 12.1 Å². The SMILES string of the molecule is CCC(N)c1ccc(N(CC)c2cccc(O)c2)cc1. The van der Waals surface area contributed by atoms with Gasteiger partial charge in [0.25, 0.3) is 0 Å². The van der Waals surface area contributed by atoms with Gasteiger partial charge in [-0.1, -0.05) is 25.1 Å². The fourth-order valence-corrected chi connectivity index (χ4v) is 2.31. The van der Waals surface area contributed by atoms with Gasteiger partial charge in [-0.05, 0) is 43.2 Å². The van der Waals surface area contributed by atoms with Crippen LogP contribution in [0.5, 0.6) is 5.75 Å². The molecule has 0 bridgehead atoms. The molecule has 0 aliphatic carbocycles. The van der Waals surface area contributed by atoms with E-state index in [4.69, 9.17) is 5.73 Å². The number of nitrogens with two attached hydrogens (primary N) is 1. The molecule has 1 atom stereocenters. The van der Waals surface area contributed by atoms with Crippen LogP contribution in [-0.4, -0.2) is 11.7 Å². The van der Waals surface area contributed by atoms with Crippen molar-refractivity contribution in [1.82, 2.24) is 0 Å². The molecule has 0 aromatic heterocycles. The molecule has 0 spiro atoms. The van der Waals surface area contributed by atoms with Crippen molar-refractivity contribution in [2.24, 2.45) is 5.73 Å². The summed E-state index contributed by atoms with van der Waals surface area (Å²) in [7, 11) is 0. The van der Waals surface area contributed by atoms with Crippen LogP contribution < -0.4 is 10.6 Å². The molecule has 1 unspecified atom stereocenters. The first kappa shape index (κ1) is 14.4. The van der Waals surface area contributed by atoms with E-state index in [0.717, 1.165) is 29.9 Å². The Bertz CT molecular complexity index is 551. The molecular formula is C17H22N2O. The van der Waals surface area contributed by atoms with Gasteiger partial charge in [-0.2, -0.15) is 0 Å². The summed E-state index contributed by atoms with van der Waals surface area (Å²) in [5.41, 5.74) is 9.28. The van der Waals surface area contributed by atoms with Gasteiger partial charge < -0.3 is 15.7 Å². The quantitative estimate of drug-likeness (QED) is 0.864. The molecule has 3 heteroatoms. The Hall–Kier alpha value is -2.00. The van der Waals surface area contributed by atoms with Gasteiger partial charge >= 0.3 is 0 Å². The van der Waals surface area contributed by atoms with Crippen LogP contribution in [0, 0.1) is 0 Å². The Balaban J connectivity index is 2.28. The molecule has 2 aromatic carbocycles. The Labute approximate surface area is 120 Å². The highest BCUT2D eigenvalue weighted by atomic mass is 16.3. The summed E-state index contributed by atoms with van der Waals surface area (Å²) in [6.07, 6.45) is 0.934. The van der Waals surface area contributed by atoms with Crippen molar-refractivity contribution in [1.29, 1.82) is 0 Å². The molecule has 0 aliphatic rings. The van der Waals surface area contributed by atoms with Crippen molar-refractivity contribution in [3.8, 4) is 5.75 Å². The van der Waals surface area contributed by atoms with Gasteiger partial charge in [0.1, 0.15) is 5.75 Å². The summed E-state index contributed by atoms with van der Waals surface area (Å²) in [6.45, 7) is 5.02. The number of anilines is 2. The molecule has 106 valence electrons. The molecule has 2 aromatic rings. The summed E-state index contributed by atoms with van der Waals surface area (Å²) in [5, 5.41) is 9.61. The van der Waals surface area contributed by atoms with Gasteiger partial charge in [0.05, 0.1) is 0 Å². The third-order valence-corrected chi connectivity index (χ3v) is 3.53. The third-order valence-electron chi connectivity index (χ3n) is 3.53. The average Bonchev–Trinajstić information content (AvgIpc) is 2.48. The first-order valence-corrected chi connectivity index (χ1v) is 7.07. The Kier molecular flexibility index (Phi) is 4.64. The van der Waals surface area contributed by atoms with Crippen LogP contribution in [0.15, 0.2) is 48.5 Å². The molecule has 3 N–H and O–H groups in total. The van der Waals surface area contributed by atoms with Gasteiger partial charge in [-0.3, -0.25) is 0 Å². The highest BCUT2D eigenvalue weighted by Gasteiger charge is 2.09. The number of nitrogens with zero attached hydrogens (tertiary/aromatic N) is 1. The van der Waals surface area contributed by atoms with Gasteiger partial charge in [0.2, 0.25) is 0 Å². The zero-order chi connectivity index (χ0) is 14.5. The molecule has 0 amide bonds. The summed E-state index contributed by atoms with van der Waals surface area (Å²) < 4.78 is 0. The van der Waals surface area contributed by atoms with E-state index in [1.165, 1.54) is 0 Å². The van der Waals surface area contributed by atoms with E-state index in [1.807, 2.05) is 12.1 Å². The fraction of sp³-hybridized carbons (Fsp3) is 0.294. The predicted molar refractivity (Wildman–Crippen MR) is 84.4 cm³/mol. The van der Waals surface area contributed by atoms with E-state index >= 15 is 0 Å². The smallest absolute Gasteiger partial charge is 0.117 e. The van der Waals surface area contributed by atoms with E-state index in [-0.39, 0.29) is 11.8 Å². The highest BCUT2D eigenvalue weighted by Crippen LogP contribution is 2.28. The lowest BCUT2D eigenvalue weighted by Gasteiger charge is -2.24. The Morgan fingerprint density at radius 1 is 1.05 bits per heavy atom. The van der Waals surface area contributed by atoms with Crippen molar-refractivity contribution in [2.75, 3.05) is 11.4 Å². The molecule has 0 radical (unpaired) electrons. The highest BCUT2D eigenvalue weighted by molar-refractivity contribution is 5.64. The standard InChI is InChI=1S/C17H22N2O/c1-3-17(18)13-8-10-14(11-9-13)19(4-2)15-6-5-7-16(20)12-15/h5-12,17,20H,3-4,18H2,1-2H3. The number of aromatic hydroxyl groups is 1. The number of phenols is 1. The second kappa shape index (κ2) is 6.44. The molecule has 0 aliphatic heterocycles. The zero-order valence-electron chi connectivity index (χ0n) is 12.1. The van der Waals surface area contributed by atoms with Crippen molar-refractivity contribution < 1.29 is 5.11 Å². The molecule has 0 heterocycles. The lowest BCUT2D eigenvalue weighted by Crippen LogP contribution is -2.16. The predicted octanol–water partition coefficient (Wildman–Crippen LogP) is 3.96. The normalized spacial score (nSPS) is 12.2. The zero-order valence-corrected chi connectivity index (χ0v) is 12.1. The minimum absolute atomic E-state index is 0.0971. The van der Waals surface area contributed by atoms with Crippen LogP contribution >= 0.6 is 0 Å². The lowest BCUT2D eigenvalue weighted by molar-refractivity contribution is 0.475. The minimum atomic E-state index is 0.0971. The largest absolute Gasteiger partial charge is 0.508 e. The number of benzene rings is 2. The van der Waals surface area contributed by atoms with Crippen LogP contribution in [0.2, 0.25) is 0 Å². The van der Waals surface area contributed by atoms with E-state index in [2.05, 4.69) is 43.0 Å². The van der Waals surface area contributed by atoms with Gasteiger partial charge in [-0.15, -0.1) is 0 Å². The van der Waals surface area contributed by atoms with Crippen LogP contribution in [0.1, 0.15) is 31.9 Å². The number of phenolic OH excluding ortho intramolecular Hbond substituents is 1. The average molecular weight is 270 g/mol. The number of hydrogen-bond donors (Lipinski definition) is 2. The second-order valence-corrected chi connectivity index (χ2v) is 4.87. The first-order valence-electron chi connectivity index (χ1n) is 7.07. The molecule has 0 saturated heterocycles. The maximum atomic E-state index is 9.61. The minimum Gasteiger partial charge on any atom is -0.508 e. The summed E-state index contributed by atoms with van der Waals surface area (Å²) in [5.74, 6) is 0.283. The van der Waals surface area contributed by atoms with Gasteiger partial charge in [-0.25, -0.2) is 0 Å². The van der Waals surface area contributed by atoms with Crippen LogP contribution in [0.4, 0.5) is 11.4 Å². The Morgan fingerprint density at radius 3 is 2.30 bits per heavy atom. The van der Waals surface area contributed by atoms with Gasteiger partial charge in [0, 0.05) is 30.0 Å². The van der Waals surface area contributed by atoms with Crippen molar-refractivity contribution in [3.63, 3.8) is 0 Å². The third kappa shape index (κ3) is 3.11. The van der Waals surface area contributed by atoms with Crippen LogP contribution in [0.3, 0.4) is 0 Å². The molecule has 20 heavy (non-hydrogen) atoms. The second-order valence-electron chi connectivity index (χ2n) is 4.87.